The van der Waals surface area contributed by atoms with Gasteiger partial charge in [-0.1, -0.05) is 19.3 Å². The predicted molar refractivity (Wildman–Crippen MR) is 70.5 cm³/mol. The molecular weight excluding hydrogens is 228 g/mol. The Morgan fingerprint density at radius 3 is 2.56 bits per heavy atom. The number of carbonyl (C=O) groups excluding carboxylic acids is 1. The number of amides is 1. The van der Waals surface area contributed by atoms with Crippen molar-refractivity contribution in [2.75, 3.05) is 6.61 Å². The molecule has 2 N–H and O–H groups in total. The lowest BCUT2D eigenvalue weighted by Crippen LogP contribution is -2.52. The van der Waals surface area contributed by atoms with Crippen molar-refractivity contribution < 1.29 is 9.90 Å². The second kappa shape index (κ2) is 5.14. The third-order valence-electron chi connectivity index (χ3n) is 4.10. The zero-order chi connectivity index (χ0) is 13.2. The topological polar surface area (TPSA) is 54.3 Å². The number of aliphatic hydroxyl groups is 1. The maximum atomic E-state index is 12.3. The molecule has 4 heteroatoms. The Morgan fingerprint density at radius 2 is 2.06 bits per heavy atom. The van der Waals surface area contributed by atoms with Crippen LogP contribution in [-0.4, -0.2) is 27.7 Å². The molecular formula is C14H22N2O2. The molecule has 1 aliphatic carbocycles. The van der Waals surface area contributed by atoms with Crippen LogP contribution < -0.4 is 5.32 Å². The van der Waals surface area contributed by atoms with Gasteiger partial charge in [0, 0.05) is 12.7 Å². The summed E-state index contributed by atoms with van der Waals surface area (Å²) in [7, 11) is 1.89. The molecule has 0 unspecified atom stereocenters. The number of rotatable bonds is 3. The van der Waals surface area contributed by atoms with Crippen molar-refractivity contribution in [3.8, 4) is 0 Å². The highest BCUT2D eigenvalue weighted by molar-refractivity contribution is 5.93. The molecule has 1 amide bonds. The van der Waals surface area contributed by atoms with Crippen molar-refractivity contribution >= 4 is 5.91 Å². The number of carbonyl (C=O) groups is 1. The number of aliphatic hydroxyl groups excluding tert-OH is 1. The van der Waals surface area contributed by atoms with E-state index in [4.69, 9.17) is 0 Å². The summed E-state index contributed by atoms with van der Waals surface area (Å²) in [5.74, 6) is -0.0819. The van der Waals surface area contributed by atoms with Crippen LogP contribution in [-0.2, 0) is 7.05 Å². The van der Waals surface area contributed by atoms with Gasteiger partial charge in [0.2, 0.25) is 0 Å². The number of aromatic nitrogens is 1. The predicted octanol–water partition coefficient (Wildman–Crippen LogP) is 1.76. The summed E-state index contributed by atoms with van der Waals surface area (Å²) in [4.78, 5) is 12.3. The summed E-state index contributed by atoms with van der Waals surface area (Å²) < 4.78 is 1.88. The molecule has 0 aliphatic heterocycles. The van der Waals surface area contributed by atoms with Crippen LogP contribution in [0, 0.1) is 6.92 Å². The molecule has 1 aromatic rings. The standard InChI is InChI=1S/C14H22N2O2/c1-11-6-7-12(16(11)2)13(18)15-14(10-17)8-4-3-5-9-14/h6-7,17H,3-5,8-10H2,1-2H3,(H,15,18). The molecule has 0 atom stereocenters. The van der Waals surface area contributed by atoms with E-state index in [1.807, 2.05) is 30.7 Å². The van der Waals surface area contributed by atoms with E-state index in [9.17, 15) is 9.90 Å². The maximum absolute atomic E-state index is 12.3. The van der Waals surface area contributed by atoms with Gasteiger partial charge in [0.1, 0.15) is 5.69 Å². The molecule has 1 aliphatic rings. The van der Waals surface area contributed by atoms with E-state index in [-0.39, 0.29) is 12.5 Å². The summed E-state index contributed by atoms with van der Waals surface area (Å²) in [6.07, 6.45) is 5.10. The van der Waals surface area contributed by atoms with E-state index in [1.165, 1.54) is 6.42 Å². The van der Waals surface area contributed by atoms with Gasteiger partial charge >= 0.3 is 0 Å². The van der Waals surface area contributed by atoms with Crippen molar-refractivity contribution in [2.24, 2.45) is 7.05 Å². The summed E-state index contributed by atoms with van der Waals surface area (Å²) in [6, 6.07) is 3.76. The van der Waals surface area contributed by atoms with E-state index >= 15 is 0 Å². The van der Waals surface area contributed by atoms with Crippen LogP contribution in [0.15, 0.2) is 12.1 Å². The highest BCUT2D eigenvalue weighted by Crippen LogP contribution is 2.28. The van der Waals surface area contributed by atoms with Gasteiger partial charge in [0.15, 0.2) is 0 Å². The molecule has 1 aromatic heterocycles. The van der Waals surface area contributed by atoms with Gasteiger partial charge in [0.05, 0.1) is 12.1 Å². The van der Waals surface area contributed by atoms with Crippen LogP contribution in [0.25, 0.3) is 0 Å². The van der Waals surface area contributed by atoms with Crippen molar-refractivity contribution in [3.63, 3.8) is 0 Å². The highest BCUT2D eigenvalue weighted by Gasteiger charge is 2.33. The molecule has 1 fully saturated rings. The number of hydrogen-bond donors (Lipinski definition) is 2. The second-order valence-corrected chi connectivity index (χ2v) is 5.37. The molecule has 0 bridgehead atoms. The van der Waals surface area contributed by atoms with E-state index < -0.39 is 5.54 Å². The van der Waals surface area contributed by atoms with Crippen molar-refractivity contribution in [3.05, 3.63) is 23.5 Å². The largest absolute Gasteiger partial charge is 0.394 e. The number of aryl methyl sites for hydroxylation is 1. The Balaban J connectivity index is 2.12. The quantitative estimate of drug-likeness (QED) is 0.859. The van der Waals surface area contributed by atoms with Crippen LogP contribution in [0.4, 0.5) is 0 Å². The summed E-state index contributed by atoms with van der Waals surface area (Å²) in [5, 5.41) is 12.6. The molecule has 0 aromatic carbocycles. The molecule has 1 saturated carbocycles. The second-order valence-electron chi connectivity index (χ2n) is 5.37. The van der Waals surface area contributed by atoms with Crippen molar-refractivity contribution in [1.82, 2.24) is 9.88 Å². The third kappa shape index (κ3) is 2.43. The maximum Gasteiger partial charge on any atom is 0.268 e. The Kier molecular flexibility index (Phi) is 3.76. The molecule has 0 spiro atoms. The average Bonchev–Trinajstić information content (AvgIpc) is 2.71. The van der Waals surface area contributed by atoms with Crippen LogP contribution in [0.3, 0.4) is 0 Å². The van der Waals surface area contributed by atoms with Crippen LogP contribution in [0.1, 0.15) is 48.3 Å². The van der Waals surface area contributed by atoms with Gasteiger partial charge in [-0.05, 0) is 31.9 Å². The lowest BCUT2D eigenvalue weighted by Gasteiger charge is -2.36. The van der Waals surface area contributed by atoms with Crippen molar-refractivity contribution in [1.29, 1.82) is 0 Å². The summed E-state index contributed by atoms with van der Waals surface area (Å²) in [6.45, 7) is 2.00. The summed E-state index contributed by atoms with van der Waals surface area (Å²) in [5.41, 5.74) is 1.31. The van der Waals surface area contributed by atoms with E-state index in [1.54, 1.807) is 0 Å². The third-order valence-corrected chi connectivity index (χ3v) is 4.10. The van der Waals surface area contributed by atoms with E-state index in [2.05, 4.69) is 5.32 Å². The van der Waals surface area contributed by atoms with Gasteiger partial charge in [-0.2, -0.15) is 0 Å². The van der Waals surface area contributed by atoms with Gasteiger partial charge in [0.25, 0.3) is 5.91 Å². The molecule has 1 heterocycles. The molecule has 18 heavy (non-hydrogen) atoms. The lowest BCUT2D eigenvalue weighted by atomic mass is 9.82. The fourth-order valence-corrected chi connectivity index (χ4v) is 2.70. The van der Waals surface area contributed by atoms with E-state index in [0.29, 0.717) is 5.69 Å². The molecule has 4 nitrogen and oxygen atoms in total. The lowest BCUT2D eigenvalue weighted by molar-refractivity contribution is 0.0751. The number of hydrogen-bond acceptors (Lipinski definition) is 2. The molecule has 0 saturated heterocycles. The average molecular weight is 250 g/mol. The van der Waals surface area contributed by atoms with Gasteiger partial charge in [-0.3, -0.25) is 4.79 Å². The Hall–Kier alpha value is -1.29. The fourth-order valence-electron chi connectivity index (χ4n) is 2.70. The Labute approximate surface area is 108 Å². The van der Waals surface area contributed by atoms with Gasteiger partial charge in [-0.15, -0.1) is 0 Å². The van der Waals surface area contributed by atoms with Crippen LogP contribution in [0.5, 0.6) is 0 Å². The Morgan fingerprint density at radius 1 is 1.39 bits per heavy atom. The first-order chi connectivity index (χ1) is 8.58. The first-order valence-electron chi connectivity index (χ1n) is 6.64. The Bertz CT molecular complexity index is 431. The number of nitrogens with zero attached hydrogens (tertiary/aromatic N) is 1. The minimum atomic E-state index is -0.409. The smallest absolute Gasteiger partial charge is 0.268 e. The number of nitrogens with one attached hydrogen (secondary N) is 1. The monoisotopic (exact) mass is 250 g/mol. The minimum absolute atomic E-state index is 0.0299. The highest BCUT2D eigenvalue weighted by atomic mass is 16.3. The van der Waals surface area contributed by atoms with Gasteiger partial charge in [-0.25, -0.2) is 0 Å². The molecule has 0 radical (unpaired) electrons. The molecule has 100 valence electrons. The normalized spacial score (nSPS) is 18.6. The SMILES string of the molecule is Cc1ccc(C(=O)NC2(CO)CCCCC2)n1C. The minimum Gasteiger partial charge on any atom is -0.394 e. The van der Waals surface area contributed by atoms with Crippen LogP contribution >= 0.6 is 0 Å². The van der Waals surface area contributed by atoms with Crippen LogP contribution in [0.2, 0.25) is 0 Å². The van der Waals surface area contributed by atoms with Gasteiger partial charge < -0.3 is 15.0 Å². The zero-order valence-electron chi connectivity index (χ0n) is 11.2. The molecule has 2 rings (SSSR count). The first-order valence-corrected chi connectivity index (χ1v) is 6.64. The van der Waals surface area contributed by atoms with E-state index in [0.717, 1.165) is 31.4 Å². The fraction of sp³-hybridized carbons (Fsp3) is 0.643. The first kappa shape index (κ1) is 13.1. The van der Waals surface area contributed by atoms with Crippen molar-refractivity contribution in [2.45, 2.75) is 44.6 Å². The summed E-state index contributed by atoms with van der Waals surface area (Å²) >= 11 is 0. The zero-order valence-corrected chi connectivity index (χ0v) is 11.2.